The van der Waals surface area contributed by atoms with Gasteiger partial charge in [0.25, 0.3) is 0 Å². The third kappa shape index (κ3) is 8.72. The predicted octanol–water partition coefficient (Wildman–Crippen LogP) is 7.18. The Hall–Kier alpha value is -2.85. The first-order valence-corrected chi connectivity index (χ1v) is 11.5. The average Bonchev–Trinajstić information content (AvgIpc) is 3.50. The first kappa shape index (κ1) is 27.2. The van der Waals surface area contributed by atoms with Crippen molar-refractivity contribution in [2.75, 3.05) is 13.1 Å². The molecule has 0 radical (unpaired) electrons. The maximum absolute atomic E-state index is 11.4. The Morgan fingerprint density at radius 3 is 2.25 bits per heavy atom. The number of carbonyl (C=O) groups excluding carboxylic acids is 1. The first-order chi connectivity index (χ1) is 15.3. The van der Waals surface area contributed by atoms with E-state index in [-0.39, 0.29) is 11.7 Å². The Bertz CT molecular complexity index is 973. The lowest BCUT2D eigenvalue weighted by molar-refractivity contribution is 0.0295. The van der Waals surface area contributed by atoms with Gasteiger partial charge in [0.05, 0.1) is 18.2 Å². The van der Waals surface area contributed by atoms with Crippen LogP contribution < -0.4 is 0 Å². The molecule has 0 unspecified atom stereocenters. The second-order valence-electron chi connectivity index (χ2n) is 7.85. The van der Waals surface area contributed by atoms with Crippen LogP contribution in [-0.2, 0) is 4.74 Å². The summed E-state index contributed by atoms with van der Waals surface area (Å²) < 4.78 is 6.31. The highest BCUT2D eigenvalue weighted by Gasteiger charge is 2.23. The molecule has 1 aliphatic rings. The van der Waals surface area contributed by atoms with E-state index in [1.165, 1.54) is 10.8 Å². The molecule has 1 aliphatic heterocycles. The van der Waals surface area contributed by atoms with Crippen LogP contribution >= 0.6 is 15.9 Å². The topological polar surface area (TPSA) is 82.0 Å². The summed E-state index contributed by atoms with van der Waals surface area (Å²) in [6.07, 6.45) is 5.58. The van der Waals surface area contributed by atoms with Crippen molar-refractivity contribution in [3.8, 4) is 17.8 Å². The average molecular weight is 501 g/mol. The second kappa shape index (κ2) is 13.5. The highest BCUT2D eigenvalue weighted by atomic mass is 79.9. The van der Waals surface area contributed by atoms with Gasteiger partial charge in [0.15, 0.2) is 0 Å². The Labute approximate surface area is 199 Å². The lowest BCUT2D eigenvalue weighted by Crippen LogP contribution is -2.34. The summed E-state index contributed by atoms with van der Waals surface area (Å²) in [7, 11) is 0. The SMILES string of the molecule is Brc1ccc2cc(-c3cnc[nH]3)ccc2c1.C#N.CC.CC(C)(C)OC(=O)N1CCCC1. The number of hydrogen-bond acceptors (Lipinski definition) is 4. The lowest BCUT2D eigenvalue weighted by atomic mass is 10.1. The molecule has 1 fully saturated rings. The lowest BCUT2D eigenvalue weighted by Gasteiger charge is -2.23. The minimum Gasteiger partial charge on any atom is -0.444 e. The van der Waals surface area contributed by atoms with Crippen LogP contribution in [0.15, 0.2) is 53.4 Å². The highest BCUT2D eigenvalue weighted by molar-refractivity contribution is 9.10. The summed E-state index contributed by atoms with van der Waals surface area (Å²) in [5.41, 5.74) is 1.84. The van der Waals surface area contributed by atoms with Crippen molar-refractivity contribution in [3.05, 3.63) is 53.4 Å². The molecule has 0 spiro atoms. The molecular weight excluding hydrogens is 468 g/mol. The maximum atomic E-state index is 11.4. The fraction of sp³-hybridized carbons (Fsp3) is 0.400. The number of benzene rings is 2. The first-order valence-electron chi connectivity index (χ1n) is 10.7. The number of aromatic nitrogens is 2. The molecule has 1 saturated heterocycles. The quantitative estimate of drug-likeness (QED) is 0.383. The van der Waals surface area contributed by atoms with Crippen LogP contribution in [0.4, 0.5) is 4.79 Å². The predicted molar refractivity (Wildman–Crippen MR) is 134 cm³/mol. The Morgan fingerprint density at radius 2 is 1.69 bits per heavy atom. The number of aromatic amines is 1. The Kier molecular flexibility index (Phi) is 11.5. The van der Waals surface area contributed by atoms with Crippen LogP contribution in [0, 0.1) is 11.8 Å². The number of rotatable bonds is 1. The van der Waals surface area contributed by atoms with Gasteiger partial charge in [-0.3, -0.25) is 0 Å². The fourth-order valence-electron chi connectivity index (χ4n) is 3.02. The molecule has 2 aromatic carbocycles. The zero-order valence-electron chi connectivity index (χ0n) is 19.6. The molecule has 2 heterocycles. The van der Waals surface area contributed by atoms with Gasteiger partial charge in [0, 0.05) is 29.7 Å². The van der Waals surface area contributed by atoms with Gasteiger partial charge < -0.3 is 14.6 Å². The van der Waals surface area contributed by atoms with Gasteiger partial charge in [0.2, 0.25) is 0 Å². The van der Waals surface area contributed by atoms with Gasteiger partial charge in [-0.05, 0) is 62.6 Å². The number of carbonyl (C=O) groups is 1. The van der Waals surface area contributed by atoms with Crippen molar-refractivity contribution < 1.29 is 9.53 Å². The summed E-state index contributed by atoms with van der Waals surface area (Å²) in [4.78, 5) is 20.3. The molecule has 0 bridgehead atoms. The normalized spacial score (nSPS) is 12.4. The largest absolute Gasteiger partial charge is 0.444 e. The zero-order chi connectivity index (χ0) is 24.1. The summed E-state index contributed by atoms with van der Waals surface area (Å²) in [6, 6.07) is 12.7. The van der Waals surface area contributed by atoms with Gasteiger partial charge >= 0.3 is 6.09 Å². The molecule has 7 heteroatoms. The molecule has 6 nitrogen and oxygen atoms in total. The second-order valence-corrected chi connectivity index (χ2v) is 8.76. The van der Waals surface area contributed by atoms with Crippen molar-refractivity contribution in [3.63, 3.8) is 0 Å². The van der Waals surface area contributed by atoms with Crippen LogP contribution in [0.3, 0.4) is 0 Å². The molecule has 4 rings (SSSR count). The number of nitriles is 1. The number of halogens is 1. The zero-order valence-corrected chi connectivity index (χ0v) is 21.1. The number of fused-ring (bicyclic) bond motifs is 1. The standard InChI is InChI=1S/C13H9BrN2.C9H17NO2.C2H6.CHN/c14-12-4-3-9-5-11(2-1-10(9)6-12)13-7-15-8-16-13;1-9(2,3)12-8(11)10-6-4-5-7-10;2*1-2/h1-8H,(H,15,16);4-7H2,1-3H3;1-2H3;1H. The number of likely N-dealkylation sites (tertiary alicyclic amines) is 1. The van der Waals surface area contributed by atoms with Gasteiger partial charge in [-0.25, -0.2) is 15.0 Å². The van der Waals surface area contributed by atoms with Crippen LogP contribution in [0.2, 0.25) is 0 Å². The minimum absolute atomic E-state index is 0.167. The molecule has 1 aromatic heterocycles. The monoisotopic (exact) mass is 500 g/mol. The Balaban J connectivity index is 0.000000287. The fourth-order valence-corrected chi connectivity index (χ4v) is 3.40. The van der Waals surface area contributed by atoms with E-state index >= 15 is 0 Å². The van der Waals surface area contributed by atoms with Crippen molar-refractivity contribution in [2.45, 2.75) is 53.1 Å². The Morgan fingerprint density at radius 1 is 1.09 bits per heavy atom. The molecule has 1 N–H and O–H groups in total. The number of ether oxygens (including phenoxy) is 1. The molecule has 32 heavy (non-hydrogen) atoms. The molecule has 172 valence electrons. The number of H-pyrrole nitrogens is 1. The number of imidazole rings is 1. The van der Waals surface area contributed by atoms with Gasteiger partial charge in [0.1, 0.15) is 5.60 Å². The molecular formula is C25H33BrN4O2. The third-order valence-electron chi connectivity index (χ3n) is 4.37. The van der Waals surface area contributed by atoms with Gasteiger partial charge in [-0.2, -0.15) is 0 Å². The molecule has 1 amide bonds. The van der Waals surface area contributed by atoms with E-state index in [1.807, 2.05) is 40.8 Å². The molecule has 0 aliphatic carbocycles. The van der Waals surface area contributed by atoms with Crippen molar-refractivity contribution in [1.29, 1.82) is 5.26 Å². The van der Waals surface area contributed by atoms with E-state index < -0.39 is 0 Å². The summed E-state index contributed by atoms with van der Waals surface area (Å²) in [6.45, 7) is 14.9. The third-order valence-corrected chi connectivity index (χ3v) is 4.86. The van der Waals surface area contributed by atoms with E-state index in [1.54, 1.807) is 11.2 Å². The smallest absolute Gasteiger partial charge is 0.410 e. The molecule has 3 aromatic rings. The van der Waals surface area contributed by atoms with E-state index in [4.69, 9.17) is 10.00 Å². The van der Waals surface area contributed by atoms with Crippen LogP contribution in [-0.4, -0.2) is 39.7 Å². The van der Waals surface area contributed by atoms with Crippen molar-refractivity contribution >= 4 is 32.8 Å². The van der Waals surface area contributed by atoms with E-state index in [9.17, 15) is 4.79 Å². The summed E-state index contributed by atoms with van der Waals surface area (Å²) in [5, 5.41) is 8.97. The van der Waals surface area contributed by atoms with Crippen LogP contribution in [0.25, 0.3) is 22.0 Å². The highest BCUT2D eigenvalue weighted by Crippen LogP contribution is 2.25. The number of nitrogens with one attached hydrogen (secondary N) is 1. The van der Waals surface area contributed by atoms with Gasteiger partial charge in [-0.1, -0.05) is 48.0 Å². The van der Waals surface area contributed by atoms with Crippen LogP contribution in [0.1, 0.15) is 47.5 Å². The number of hydrogen-bond donors (Lipinski definition) is 1. The summed E-state index contributed by atoms with van der Waals surface area (Å²) >= 11 is 3.47. The van der Waals surface area contributed by atoms with Crippen molar-refractivity contribution in [1.82, 2.24) is 14.9 Å². The molecule has 0 atom stereocenters. The number of amides is 1. The van der Waals surface area contributed by atoms with E-state index in [2.05, 4.69) is 68.9 Å². The van der Waals surface area contributed by atoms with Gasteiger partial charge in [-0.15, -0.1) is 0 Å². The maximum Gasteiger partial charge on any atom is 0.410 e. The van der Waals surface area contributed by atoms with Crippen LogP contribution in [0.5, 0.6) is 0 Å². The molecule has 0 saturated carbocycles. The van der Waals surface area contributed by atoms with E-state index in [0.29, 0.717) is 0 Å². The van der Waals surface area contributed by atoms with Crippen molar-refractivity contribution in [2.24, 2.45) is 0 Å². The minimum atomic E-state index is -0.361. The number of nitrogens with zero attached hydrogens (tertiary/aromatic N) is 3. The summed E-state index contributed by atoms with van der Waals surface area (Å²) in [5.74, 6) is 0. The van der Waals surface area contributed by atoms with E-state index in [0.717, 1.165) is 41.7 Å².